The third-order valence-corrected chi connectivity index (χ3v) is 4.00. The third kappa shape index (κ3) is 2.08. The van der Waals surface area contributed by atoms with E-state index in [-0.39, 0.29) is 17.4 Å². The van der Waals surface area contributed by atoms with Crippen molar-refractivity contribution >= 4 is 5.78 Å². The largest absolute Gasteiger partial charge is 0.375 e. The summed E-state index contributed by atoms with van der Waals surface area (Å²) in [5, 5.41) is 0. The van der Waals surface area contributed by atoms with E-state index in [9.17, 15) is 4.79 Å². The van der Waals surface area contributed by atoms with Crippen molar-refractivity contribution in [2.45, 2.75) is 44.6 Å². The number of carbonyl (C=O) groups is 1. The number of hydrogen-bond donors (Lipinski definition) is 1. The summed E-state index contributed by atoms with van der Waals surface area (Å²) < 4.78 is 5.81. The highest BCUT2D eigenvalue weighted by molar-refractivity contribution is 5.83. The van der Waals surface area contributed by atoms with Gasteiger partial charge in [0.15, 0.2) is 0 Å². The van der Waals surface area contributed by atoms with Gasteiger partial charge in [-0.05, 0) is 32.1 Å². The van der Waals surface area contributed by atoms with Gasteiger partial charge in [-0.15, -0.1) is 0 Å². The molecule has 1 aliphatic carbocycles. The summed E-state index contributed by atoms with van der Waals surface area (Å²) >= 11 is 0. The molecule has 0 aromatic rings. The predicted molar refractivity (Wildman–Crippen MR) is 58.5 cm³/mol. The molecule has 0 radical (unpaired) electrons. The van der Waals surface area contributed by atoms with Crippen molar-refractivity contribution in [3.63, 3.8) is 0 Å². The Balaban J connectivity index is 1.95. The van der Waals surface area contributed by atoms with Crippen LogP contribution < -0.4 is 5.73 Å². The van der Waals surface area contributed by atoms with E-state index >= 15 is 0 Å². The van der Waals surface area contributed by atoms with Gasteiger partial charge >= 0.3 is 0 Å². The van der Waals surface area contributed by atoms with Crippen molar-refractivity contribution in [2.75, 3.05) is 13.2 Å². The molecule has 2 aliphatic rings. The minimum atomic E-state index is 0.0187. The van der Waals surface area contributed by atoms with Crippen LogP contribution in [0.1, 0.15) is 39.0 Å². The molecule has 2 unspecified atom stereocenters. The van der Waals surface area contributed by atoms with Crippen molar-refractivity contribution in [3.8, 4) is 0 Å². The maximum absolute atomic E-state index is 12.0. The molecule has 86 valence electrons. The van der Waals surface area contributed by atoms with Gasteiger partial charge in [0.2, 0.25) is 0 Å². The lowest BCUT2D eigenvalue weighted by molar-refractivity contribution is -0.157. The smallest absolute Gasteiger partial charge is 0.140 e. The molecule has 2 rings (SSSR count). The average Bonchev–Trinajstić information content (AvgIpc) is 2.25. The van der Waals surface area contributed by atoms with Crippen LogP contribution in [0.15, 0.2) is 0 Å². The number of hydrogen-bond acceptors (Lipinski definition) is 3. The molecule has 1 aliphatic heterocycles. The Morgan fingerprint density at radius 3 is 2.87 bits per heavy atom. The molecule has 2 atom stereocenters. The van der Waals surface area contributed by atoms with Gasteiger partial charge in [0.05, 0.1) is 5.60 Å². The molecule has 0 bridgehead atoms. The highest BCUT2D eigenvalue weighted by Crippen LogP contribution is 2.44. The van der Waals surface area contributed by atoms with Gasteiger partial charge in [-0.25, -0.2) is 0 Å². The minimum absolute atomic E-state index is 0.0187. The first-order chi connectivity index (χ1) is 7.17. The second kappa shape index (κ2) is 4.22. The molecular weight excluding hydrogens is 190 g/mol. The van der Waals surface area contributed by atoms with E-state index in [2.05, 4.69) is 0 Å². The van der Waals surface area contributed by atoms with Crippen LogP contribution in [0.25, 0.3) is 0 Å². The molecule has 1 heterocycles. The van der Waals surface area contributed by atoms with Gasteiger partial charge in [-0.3, -0.25) is 4.79 Å². The van der Waals surface area contributed by atoms with Crippen LogP contribution in [-0.2, 0) is 9.53 Å². The summed E-state index contributed by atoms with van der Waals surface area (Å²) in [5.41, 5.74) is 5.62. The zero-order chi connectivity index (χ0) is 10.9. The topological polar surface area (TPSA) is 52.3 Å². The monoisotopic (exact) mass is 211 g/mol. The molecule has 0 amide bonds. The molecule has 1 spiro atoms. The number of Topliss-reactive ketones (excluding diaryl/α,β-unsaturated/α-hetero) is 1. The summed E-state index contributed by atoms with van der Waals surface area (Å²) in [4.78, 5) is 12.0. The van der Waals surface area contributed by atoms with Crippen molar-refractivity contribution in [1.29, 1.82) is 0 Å². The highest BCUT2D eigenvalue weighted by Gasteiger charge is 2.44. The summed E-state index contributed by atoms with van der Waals surface area (Å²) in [6.07, 6.45) is 5.38. The number of ether oxygens (including phenoxy) is 1. The minimum Gasteiger partial charge on any atom is -0.375 e. The van der Waals surface area contributed by atoms with Gasteiger partial charge in [-0.2, -0.15) is 0 Å². The standard InChI is InChI=1S/C12H21NO2/c1-9(8-13)11(14)10-3-6-15-12(7-10)4-2-5-12/h9-10H,2-8,13H2,1H3. The van der Waals surface area contributed by atoms with Crippen LogP contribution in [0.4, 0.5) is 0 Å². The zero-order valence-electron chi connectivity index (χ0n) is 9.50. The highest BCUT2D eigenvalue weighted by atomic mass is 16.5. The van der Waals surface area contributed by atoms with Gasteiger partial charge in [0.1, 0.15) is 5.78 Å². The molecular formula is C12H21NO2. The van der Waals surface area contributed by atoms with Gasteiger partial charge in [-0.1, -0.05) is 6.92 Å². The fourth-order valence-corrected chi connectivity index (χ4v) is 2.71. The molecule has 0 aromatic carbocycles. The van der Waals surface area contributed by atoms with Crippen LogP contribution in [0.5, 0.6) is 0 Å². The Bertz CT molecular complexity index is 248. The van der Waals surface area contributed by atoms with Crippen molar-refractivity contribution < 1.29 is 9.53 Å². The van der Waals surface area contributed by atoms with Crippen molar-refractivity contribution in [3.05, 3.63) is 0 Å². The number of rotatable bonds is 3. The molecule has 2 N–H and O–H groups in total. The van der Waals surface area contributed by atoms with E-state index in [1.54, 1.807) is 0 Å². The normalized spacial score (nSPS) is 30.9. The van der Waals surface area contributed by atoms with E-state index in [4.69, 9.17) is 10.5 Å². The Hall–Kier alpha value is -0.410. The maximum atomic E-state index is 12.0. The molecule has 3 nitrogen and oxygen atoms in total. The van der Waals surface area contributed by atoms with Crippen LogP contribution >= 0.6 is 0 Å². The number of nitrogens with two attached hydrogens (primary N) is 1. The van der Waals surface area contributed by atoms with Crippen LogP contribution in [0.3, 0.4) is 0 Å². The zero-order valence-corrected chi connectivity index (χ0v) is 9.50. The van der Waals surface area contributed by atoms with Gasteiger partial charge in [0.25, 0.3) is 0 Å². The summed E-state index contributed by atoms with van der Waals surface area (Å²) in [5.74, 6) is 0.579. The summed E-state index contributed by atoms with van der Waals surface area (Å²) in [6, 6.07) is 0. The van der Waals surface area contributed by atoms with Crippen LogP contribution in [0, 0.1) is 11.8 Å². The average molecular weight is 211 g/mol. The first-order valence-corrected chi connectivity index (χ1v) is 6.05. The van der Waals surface area contributed by atoms with Crippen molar-refractivity contribution in [1.82, 2.24) is 0 Å². The summed E-state index contributed by atoms with van der Waals surface area (Å²) in [6.45, 7) is 3.17. The van der Waals surface area contributed by atoms with Crippen LogP contribution in [-0.4, -0.2) is 24.5 Å². The maximum Gasteiger partial charge on any atom is 0.140 e. The Morgan fingerprint density at radius 1 is 1.60 bits per heavy atom. The third-order valence-electron chi connectivity index (χ3n) is 4.00. The van der Waals surface area contributed by atoms with Crippen LogP contribution in [0.2, 0.25) is 0 Å². The van der Waals surface area contributed by atoms with E-state index in [0.29, 0.717) is 12.3 Å². The fourth-order valence-electron chi connectivity index (χ4n) is 2.71. The molecule has 3 heteroatoms. The quantitative estimate of drug-likeness (QED) is 0.769. The molecule has 1 saturated carbocycles. The second-order valence-corrected chi connectivity index (χ2v) is 5.11. The number of carbonyl (C=O) groups excluding carboxylic acids is 1. The lowest BCUT2D eigenvalue weighted by Crippen LogP contribution is -2.48. The van der Waals surface area contributed by atoms with Crippen molar-refractivity contribution in [2.24, 2.45) is 17.6 Å². The fraction of sp³-hybridized carbons (Fsp3) is 0.917. The van der Waals surface area contributed by atoms with E-state index < -0.39 is 0 Å². The summed E-state index contributed by atoms with van der Waals surface area (Å²) in [7, 11) is 0. The lowest BCUT2D eigenvalue weighted by atomic mass is 9.70. The van der Waals surface area contributed by atoms with E-state index in [1.807, 2.05) is 6.92 Å². The SMILES string of the molecule is CC(CN)C(=O)C1CCOC2(CCC2)C1. The molecule has 15 heavy (non-hydrogen) atoms. The second-order valence-electron chi connectivity index (χ2n) is 5.11. The first kappa shape index (κ1) is 11.1. The van der Waals surface area contributed by atoms with Gasteiger partial charge in [0, 0.05) is 25.0 Å². The molecule has 1 saturated heterocycles. The predicted octanol–water partition coefficient (Wildman–Crippen LogP) is 1.50. The Morgan fingerprint density at radius 2 is 2.33 bits per heavy atom. The van der Waals surface area contributed by atoms with E-state index in [1.165, 1.54) is 6.42 Å². The van der Waals surface area contributed by atoms with Gasteiger partial charge < -0.3 is 10.5 Å². The molecule has 0 aromatic heterocycles. The Kier molecular flexibility index (Phi) is 3.12. The lowest BCUT2D eigenvalue weighted by Gasteiger charge is -2.47. The van der Waals surface area contributed by atoms with E-state index in [0.717, 1.165) is 32.3 Å². The first-order valence-electron chi connectivity index (χ1n) is 6.05. The molecule has 2 fully saturated rings. The number of ketones is 1. The Labute approximate surface area is 91.4 Å².